The monoisotopic (exact) mass is 327 g/mol. The van der Waals surface area contributed by atoms with E-state index < -0.39 is 14.0 Å². The van der Waals surface area contributed by atoms with Crippen LogP contribution in [0.15, 0.2) is 11.6 Å². The van der Waals surface area contributed by atoms with Gasteiger partial charge in [0.25, 0.3) is 0 Å². The first-order valence-electron chi connectivity index (χ1n) is 8.35. The fourth-order valence-corrected chi connectivity index (χ4v) is 4.63. The van der Waals surface area contributed by atoms with E-state index >= 15 is 0 Å². The summed E-state index contributed by atoms with van der Waals surface area (Å²) < 4.78 is 17.8. The number of carboxylic acid groups (broad SMARTS) is 1. The van der Waals surface area contributed by atoms with Crippen molar-refractivity contribution < 1.29 is 19.0 Å². The molecule has 3 atom stereocenters. The number of allylic oxidation sites excluding steroid dienone is 1. The first kappa shape index (κ1) is 17.6. The molecule has 2 fully saturated rings. The summed E-state index contributed by atoms with van der Waals surface area (Å²) in [6, 6.07) is 0. The van der Waals surface area contributed by atoms with Crippen LogP contribution in [-0.4, -0.2) is 23.3 Å². The van der Waals surface area contributed by atoms with Gasteiger partial charge < -0.3 is 5.11 Å². The minimum Gasteiger partial charge on any atom is -0.478 e. The van der Waals surface area contributed by atoms with E-state index in [2.05, 4.69) is 13.8 Å². The Labute approximate surface area is 134 Å². The van der Waals surface area contributed by atoms with Gasteiger partial charge in [-0.2, -0.15) is 0 Å². The van der Waals surface area contributed by atoms with E-state index in [1.165, 1.54) is 6.42 Å². The topological polar surface area (TPSA) is 63.6 Å². The van der Waals surface area contributed by atoms with Crippen molar-refractivity contribution in [1.29, 1.82) is 0 Å². The molecule has 0 spiro atoms. The van der Waals surface area contributed by atoms with E-state index in [0.717, 1.165) is 32.1 Å². The molecule has 124 valence electrons. The number of carbonyl (C=O) groups is 1. The Balaban J connectivity index is 1.88. The maximum Gasteiger partial charge on any atom is 0.513 e. The standard InChI is InChI=1S/C17H27O4P/c1-12(15-10-17(15,2)3)21-22(20)11-14(16(18)19)9-13-7-5-4-6-8-13/h9,12-13,15H,4-8,10-11H2,1-3H3/p+1. The summed E-state index contributed by atoms with van der Waals surface area (Å²) >= 11 is 0. The van der Waals surface area contributed by atoms with Crippen LogP contribution in [0.3, 0.4) is 0 Å². The molecule has 0 heterocycles. The Morgan fingerprint density at radius 1 is 1.36 bits per heavy atom. The highest BCUT2D eigenvalue weighted by Crippen LogP contribution is 2.55. The maximum atomic E-state index is 12.2. The lowest BCUT2D eigenvalue weighted by molar-refractivity contribution is -0.132. The molecule has 0 aromatic carbocycles. The molecule has 4 nitrogen and oxygen atoms in total. The molecular weight excluding hydrogens is 299 g/mol. The average molecular weight is 327 g/mol. The molecule has 0 saturated heterocycles. The van der Waals surface area contributed by atoms with E-state index in [9.17, 15) is 14.5 Å². The molecule has 0 radical (unpaired) electrons. The number of hydrogen-bond acceptors (Lipinski definition) is 3. The van der Waals surface area contributed by atoms with Gasteiger partial charge >= 0.3 is 14.0 Å². The second kappa shape index (κ2) is 7.23. The van der Waals surface area contributed by atoms with Crippen molar-refractivity contribution in [2.75, 3.05) is 6.16 Å². The molecule has 0 aliphatic heterocycles. The number of hydrogen-bond donors (Lipinski definition) is 1. The van der Waals surface area contributed by atoms with Crippen molar-refractivity contribution in [3.63, 3.8) is 0 Å². The summed E-state index contributed by atoms with van der Waals surface area (Å²) in [6.07, 6.45) is 8.50. The van der Waals surface area contributed by atoms with Crippen LogP contribution in [-0.2, 0) is 13.9 Å². The van der Waals surface area contributed by atoms with Crippen molar-refractivity contribution >= 4 is 14.0 Å². The van der Waals surface area contributed by atoms with Crippen LogP contribution in [0.4, 0.5) is 0 Å². The summed E-state index contributed by atoms with van der Waals surface area (Å²) in [6.45, 7) is 6.30. The maximum absolute atomic E-state index is 12.2. The molecule has 0 bridgehead atoms. The lowest BCUT2D eigenvalue weighted by Crippen LogP contribution is -2.13. The van der Waals surface area contributed by atoms with Gasteiger partial charge in [-0.15, -0.1) is 4.52 Å². The van der Waals surface area contributed by atoms with E-state index in [-0.39, 0.29) is 23.3 Å². The highest BCUT2D eigenvalue weighted by molar-refractivity contribution is 7.39. The highest BCUT2D eigenvalue weighted by Gasteiger charge is 2.51. The third-order valence-corrected chi connectivity index (χ3v) is 6.27. The second-order valence-electron chi connectivity index (χ2n) is 7.50. The van der Waals surface area contributed by atoms with Crippen LogP contribution < -0.4 is 0 Å². The molecule has 1 N–H and O–H groups in total. The minimum atomic E-state index is -1.95. The molecule has 0 aromatic heterocycles. The van der Waals surface area contributed by atoms with Gasteiger partial charge in [-0.1, -0.05) is 39.2 Å². The molecule has 3 unspecified atom stereocenters. The number of aliphatic carboxylic acids is 1. The zero-order valence-electron chi connectivity index (χ0n) is 13.9. The molecule has 2 saturated carbocycles. The Hall–Kier alpha value is -0.730. The summed E-state index contributed by atoms with van der Waals surface area (Å²) in [4.78, 5) is 11.4. The van der Waals surface area contributed by atoms with Gasteiger partial charge in [-0.3, -0.25) is 0 Å². The van der Waals surface area contributed by atoms with Crippen LogP contribution in [0.1, 0.15) is 59.3 Å². The Morgan fingerprint density at radius 3 is 2.45 bits per heavy atom. The van der Waals surface area contributed by atoms with Gasteiger partial charge in [0.15, 0.2) is 0 Å². The predicted octanol–water partition coefficient (Wildman–Crippen LogP) is 4.77. The van der Waals surface area contributed by atoms with Crippen molar-refractivity contribution in [2.24, 2.45) is 17.3 Å². The molecule has 2 aliphatic rings. The van der Waals surface area contributed by atoms with Crippen LogP contribution in [0.5, 0.6) is 0 Å². The van der Waals surface area contributed by atoms with Gasteiger partial charge in [0, 0.05) is 0 Å². The zero-order valence-corrected chi connectivity index (χ0v) is 14.8. The molecule has 2 rings (SSSR count). The molecule has 2 aliphatic carbocycles. The first-order chi connectivity index (χ1) is 10.3. The molecular formula is C17H28O4P+. The van der Waals surface area contributed by atoms with Gasteiger partial charge in [-0.25, -0.2) is 4.79 Å². The van der Waals surface area contributed by atoms with E-state index in [1.54, 1.807) is 0 Å². The average Bonchev–Trinajstić information content (AvgIpc) is 3.08. The molecule has 5 heteroatoms. The van der Waals surface area contributed by atoms with Crippen molar-refractivity contribution in [3.05, 3.63) is 11.6 Å². The Kier molecular flexibility index (Phi) is 5.79. The van der Waals surface area contributed by atoms with Crippen LogP contribution in [0.2, 0.25) is 0 Å². The van der Waals surface area contributed by atoms with Crippen LogP contribution in [0.25, 0.3) is 0 Å². The highest BCUT2D eigenvalue weighted by atomic mass is 31.1. The third-order valence-electron chi connectivity index (χ3n) is 5.10. The zero-order chi connectivity index (χ0) is 16.3. The summed E-state index contributed by atoms with van der Waals surface area (Å²) in [5, 5.41) is 9.34. The fraction of sp³-hybridized carbons (Fsp3) is 0.824. The van der Waals surface area contributed by atoms with Gasteiger partial charge in [0.1, 0.15) is 6.10 Å². The van der Waals surface area contributed by atoms with E-state index in [4.69, 9.17) is 4.52 Å². The van der Waals surface area contributed by atoms with Crippen LogP contribution in [0, 0.1) is 17.3 Å². The second-order valence-corrected chi connectivity index (χ2v) is 8.69. The van der Waals surface area contributed by atoms with Gasteiger partial charge in [0.05, 0.1) is 5.57 Å². The molecule has 22 heavy (non-hydrogen) atoms. The Morgan fingerprint density at radius 2 is 1.95 bits per heavy atom. The SMILES string of the molecule is CC(O[P+](=O)CC(=CC1CCCCC1)C(=O)O)C1CC1(C)C. The summed E-state index contributed by atoms with van der Waals surface area (Å²) in [5.41, 5.74) is 0.527. The van der Waals surface area contributed by atoms with Crippen molar-refractivity contribution in [1.82, 2.24) is 0 Å². The van der Waals surface area contributed by atoms with Gasteiger partial charge in [0.2, 0.25) is 6.16 Å². The Bertz CT molecular complexity index is 463. The fourth-order valence-electron chi connectivity index (χ4n) is 3.52. The summed E-state index contributed by atoms with van der Waals surface area (Å²) in [5.74, 6) is -0.206. The van der Waals surface area contributed by atoms with E-state index in [0.29, 0.717) is 11.8 Å². The summed E-state index contributed by atoms with van der Waals surface area (Å²) in [7, 11) is -1.95. The van der Waals surface area contributed by atoms with Gasteiger partial charge in [-0.05, 0) is 48.0 Å². The third kappa shape index (κ3) is 4.89. The van der Waals surface area contributed by atoms with Crippen molar-refractivity contribution in [3.8, 4) is 0 Å². The lowest BCUT2D eigenvalue weighted by atomic mass is 9.88. The predicted molar refractivity (Wildman–Crippen MR) is 87.2 cm³/mol. The molecule has 0 aromatic rings. The lowest BCUT2D eigenvalue weighted by Gasteiger charge is -2.18. The quantitative estimate of drug-likeness (QED) is 0.540. The minimum absolute atomic E-state index is 0.0264. The normalized spacial score (nSPS) is 27.3. The first-order valence-corrected chi connectivity index (χ1v) is 9.71. The smallest absolute Gasteiger partial charge is 0.478 e. The molecule has 0 amide bonds. The van der Waals surface area contributed by atoms with E-state index in [1.807, 2.05) is 13.0 Å². The van der Waals surface area contributed by atoms with Crippen molar-refractivity contribution in [2.45, 2.75) is 65.4 Å². The van der Waals surface area contributed by atoms with Crippen LogP contribution >= 0.6 is 8.03 Å². The number of carboxylic acids is 1. The number of rotatable bonds is 7. The largest absolute Gasteiger partial charge is 0.513 e.